The Morgan fingerprint density at radius 3 is 2.61 bits per heavy atom. The summed E-state index contributed by atoms with van der Waals surface area (Å²) in [7, 11) is 0. The minimum Gasteiger partial charge on any atom is -0.380 e. The second kappa shape index (κ2) is 10.4. The minimum atomic E-state index is -0.0814. The fraction of sp³-hybridized carbons (Fsp3) is 0.458. The molecule has 0 atom stereocenters. The number of benzene rings is 1. The number of hydrogen-bond acceptors (Lipinski definition) is 6. The number of nitrogens with zero attached hydrogens (tertiary/aromatic N) is 4. The van der Waals surface area contributed by atoms with Gasteiger partial charge < -0.3 is 15.0 Å². The molecule has 0 unspecified atom stereocenters. The predicted octanol–water partition coefficient (Wildman–Crippen LogP) is 4.34. The van der Waals surface area contributed by atoms with Crippen LogP contribution in [-0.2, 0) is 11.3 Å². The van der Waals surface area contributed by atoms with Gasteiger partial charge in [-0.15, -0.1) is 0 Å². The number of piperidine rings is 1. The van der Waals surface area contributed by atoms with Gasteiger partial charge in [0.2, 0.25) is 5.95 Å². The molecule has 31 heavy (non-hydrogen) atoms. The molecule has 0 radical (unpaired) electrons. The van der Waals surface area contributed by atoms with Crippen LogP contribution < -0.4 is 15.8 Å². The van der Waals surface area contributed by atoms with Crippen LogP contribution in [0.1, 0.15) is 39.0 Å². The molecule has 1 aliphatic rings. The molecule has 1 aromatic carbocycles. The van der Waals surface area contributed by atoms with Crippen LogP contribution in [0.4, 0.5) is 17.3 Å². The lowest BCUT2D eigenvalue weighted by atomic mass is 10.1. The van der Waals surface area contributed by atoms with Crippen LogP contribution in [0.5, 0.6) is 0 Å². The maximum Gasteiger partial charge on any atom is 0.252 e. The van der Waals surface area contributed by atoms with Crippen LogP contribution >= 0.6 is 0 Å². The van der Waals surface area contributed by atoms with Crippen molar-refractivity contribution >= 4 is 28.4 Å². The first-order valence-corrected chi connectivity index (χ1v) is 11.3. The molecule has 7 heteroatoms. The molecular weight excluding hydrogens is 390 g/mol. The third-order valence-electron chi connectivity index (χ3n) is 5.67. The largest absolute Gasteiger partial charge is 0.380 e. The number of unbranched alkanes of at least 4 members (excludes halogenated alkanes) is 1. The molecule has 1 saturated heterocycles. The van der Waals surface area contributed by atoms with E-state index in [1.54, 1.807) is 22.9 Å². The van der Waals surface area contributed by atoms with Crippen LogP contribution in [0.25, 0.3) is 11.0 Å². The fourth-order valence-electron chi connectivity index (χ4n) is 3.89. The van der Waals surface area contributed by atoms with Gasteiger partial charge >= 0.3 is 0 Å². The Kier molecular flexibility index (Phi) is 7.14. The second-order valence-electron chi connectivity index (χ2n) is 7.98. The smallest absolute Gasteiger partial charge is 0.252 e. The second-order valence-corrected chi connectivity index (χ2v) is 7.98. The van der Waals surface area contributed by atoms with E-state index in [9.17, 15) is 4.79 Å². The van der Waals surface area contributed by atoms with Crippen molar-refractivity contribution in [2.24, 2.45) is 0 Å². The van der Waals surface area contributed by atoms with E-state index in [-0.39, 0.29) is 5.56 Å². The highest BCUT2D eigenvalue weighted by atomic mass is 16.5. The lowest BCUT2D eigenvalue weighted by Crippen LogP contribution is -2.29. The first-order valence-electron chi connectivity index (χ1n) is 11.3. The summed E-state index contributed by atoms with van der Waals surface area (Å²) in [4.78, 5) is 23.9. The Balaban J connectivity index is 1.49. The molecule has 164 valence electrons. The summed E-state index contributed by atoms with van der Waals surface area (Å²) in [6, 6.07) is 11.7. The maximum absolute atomic E-state index is 12.4. The molecule has 1 aliphatic heterocycles. The summed E-state index contributed by atoms with van der Waals surface area (Å²) < 4.78 is 7.31. The number of ether oxygens (including phenoxy) is 1. The van der Waals surface area contributed by atoms with Gasteiger partial charge in [-0.1, -0.05) is 13.3 Å². The first kappa shape index (κ1) is 21.3. The van der Waals surface area contributed by atoms with Crippen molar-refractivity contribution in [1.82, 2.24) is 14.5 Å². The van der Waals surface area contributed by atoms with Gasteiger partial charge in [-0.3, -0.25) is 9.36 Å². The molecule has 1 fully saturated rings. The van der Waals surface area contributed by atoms with E-state index in [4.69, 9.17) is 4.74 Å². The molecular formula is C24H31N5O2. The van der Waals surface area contributed by atoms with Crippen LogP contribution in [0.15, 0.2) is 47.4 Å². The number of fused-ring (bicyclic) bond motifs is 1. The third-order valence-corrected chi connectivity index (χ3v) is 5.67. The van der Waals surface area contributed by atoms with Crippen LogP contribution in [0.3, 0.4) is 0 Å². The number of rotatable bonds is 9. The summed E-state index contributed by atoms with van der Waals surface area (Å²) in [5.41, 5.74) is 2.71. The van der Waals surface area contributed by atoms with E-state index in [1.165, 1.54) is 24.9 Å². The average Bonchev–Trinajstić information content (AvgIpc) is 2.81. The topological polar surface area (TPSA) is 72.3 Å². The summed E-state index contributed by atoms with van der Waals surface area (Å²) in [6.45, 7) is 6.06. The van der Waals surface area contributed by atoms with Crippen molar-refractivity contribution < 1.29 is 4.74 Å². The molecule has 0 saturated carbocycles. The fourth-order valence-corrected chi connectivity index (χ4v) is 3.89. The van der Waals surface area contributed by atoms with Gasteiger partial charge in [0.25, 0.3) is 5.56 Å². The zero-order valence-corrected chi connectivity index (χ0v) is 18.2. The molecule has 2 aromatic heterocycles. The Hall–Kier alpha value is -2.93. The quantitative estimate of drug-likeness (QED) is 0.518. The molecule has 0 aliphatic carbocycles. The monoisotopic (exact) mass is 421 g/mol. The predicted molar refractivity (Wildman–Crippen MR) is 125 cm³/mol. The number of anilines is 3. The van der Waals surface area contributed by atoms with Gasteiger partial charge in [0, 0.05) is 48.7 Å². The molecule has 4 rings (SSSR count). The van der Waals surface area contributed by atoms with Crippen molar-refractivity contribution in [3.05, 3.63) is 52.9 Å². The maximum atomic E-state index is 12.4. The lowest BCUT2D eigenvalue weighted by Gasteiger charge is -2.28. The van der Waals surface area contributed by atoms with Crippen molar-refractivity contribution in [3.63, 3.8) is 0 Å². The van der Waals surface area contributed by atoms with E-state index < -0.39 is 0 Å². The number of pyridine rings is 1. The number of nitrogens with one attached hydrogen (secondary N) is 1. The Morgan fingerprint density at radius 2 is 1.84 bits per heavy atom. The standard InChI is InChI=1S/C24H31N5O2/c1-2-3-16-31-17-15-29-22(30)12-7-19-18-25-24(27-23(19)29)26-20-8-10-21(11-9-20)28-13-5-4-6-14-28/h7-12,18H,2-6,13-17H2,1H3,(H,25,26,27). The van der Waals surface area contributed by atoms with Crippen molar-refractivity contribution in [2.75, 3.05) is 36.5 Å². The SMILES string of the molecule is CCCCOCCn1c(=O)ccc2cnc(Nc3ccc(N4CCCCC4)cc3)nc21. The zero-order chi connectivity index (χ0) is 21.5. The Labute approximate surface area is 183 Å². The van der Waals surface area contributed by atoms with Gasteiger partial charge in [-0.2, -0.15) is 4.98 Å². The van der Waals surface area contributed by atoms with Gasteiger partial charge in [0.15, 0.2) is 0 Å². The highest BCUT2D eigenvalue weighted by Crippen LogP contribution is 2.23. The molecule has 1 N–H and O–H groups in total. The van der Waals surface area contributed by atoms with Gasteiger partial charge in [-0.05, 0) is 56.0 Å². The van der Waals surface area contributed by atoms with E-state index >= 15 is 0 Å². The highest BCUT2D eigenvalue weighted by molar-refractivity contribution is 5.75. The Bertz CT molecular complexity index is 1040. The van der Waals surface area contributed by atoms with Crippen LogP contribution in [0.2, 0.25) is 0 Å². The van der Waals surface area contributed by atoms with Crippen LogP contribution in [0, 0.1) is 0 Å². The number of hydrogen-bond donors (Lipinski definition) is 1. The molecule has 7 nitrogen and oxygen atoms in total. The van der Waals surface area contributed by atoms with E-state index in [0.29, 0.717) is 31.4 Å². The zero-order valence-electron chi connectivity index (χ0n) is 18.2. The van der Waals surface area contributed by atoms with Crippen molar-refractivity contribution in [3.8, 4) is 0 Å². The number of aromatic nitrogens is 3. The summed E-state index contributed by atoms with van der Waals surface area (Å²) in [6.07, 6.45) is 7.71. The van der Waals surface area contributed by atoms with Gasteiger partial charge in [-0.25, -0.2) is 4.98 Å². The summed E-state index contributed by atoms with van der Waals surface area (Å²) in [5.74, 6) is 0.476. The van der Waals surface area contributed by atoms with Gasteiger partial charge in [0.05, 0.1) is 13.2 Å². The molecule has 0 spiro atoms. The molecule has 0 amide bonds. The minimum absolute atomic E-state index is 0.0814. The van der Waals surface area contributed by atoms with Gasteiger partial charge in [0.1, 0.15) is 5.65 Å². The summed E-state index contributed by atoms with van der Waals surface area (Å²) >= 11 is 0. The summed E-state index contributed by atoms with van der Waals surface area (Å²) in [5, 5.41) is 4.10. The van der Waals surface area contributed by atoms with E-state index in [2.05, 4.69) is 51.4 Å². The van der Waals surface area contributed by atoms with E-state index in [1.807, 2.05) is 0 Å². The third kappa shape index (κ3) is 5.41. The lowest BCUT2D eigenvalue weighted by molar-refractivity contribution is 0.123. The normalized spacial score (nSPS) is 14.2. The van der Waals surface area contributed by atoms with Crippen molar-refractivity contribution in [2.45, 2.75) is 45.6 Å². The molecule has 3 heterocycles. The van der Waals surface area contributed by atoms with Crippen molar-refractivity contribution in [1.29, 1.82) is 0 Å². The average molecular weight is 422 g/mol. The molecule has 3 aromatic rings. The first-order chi connectivity index (χ1) is 15.2. The Morgan fingerprint density at radius 1 is 1.03 bits per heavy atom. The van der Waals surface area contributed by atoms with E-state index in [0.717, 1.165) is 37.0 Å². The van der Waals surface area contributed by atoms with Crippen LogP contribution in [-0.4, -0.2) is 40.8 Å². The molecule has 0 bridgehead atoms. The highest BCUT2D eigenvalue weighted by Gasteiger charge is 2.11.